The summed E-state index contributed by atoms with van der Waals surface area (Å²) in [7, 11) is 4.66. The number of carbonyl (C=O) groups is 2. The van der Waals surface area contributed by atoms with Crippen LogP contribution in [0.4, 0.5) is 10.8 Å². The second-order valence-electron chi connectivity index (χ2n) is 10.4. The van der Waals surface area contributed by atoms with Crippen LogP contribution >= 0.6 is 11.3 Å². The highest BCUT2D eigenvalue weighted by molar-refractivity contribution is 7.13. The van der Waals surface area contributed by atoms with E-state index in [9.17, 15) is 14.4 Å². The highest BCUT2D eigenvalue weighted by Gasteiger charge is 2.30. The zero-order valence-corrected chi connectivity index (χ0v) is 25.9. The fourth-order valence-electron chi connectivity index (χ4n) is 5.29. The van der Waals surface area contributed by atoms with Crippen molar-refractivity contribution in [1.29, 1.82) is 0 Å². The molecule has 1 heterocycles. The molecule has 0 radical (unpaired) electrons. The molecule has 3 unspecified atom stereocenters. The molecule has 0 saturated heterocycles. The first-order valence-electron chi connectivity index (χ1n) is 13.9. The van der Waals surface area contributed by atoms with E-state index in [0.717, 1.165) is 16.8 Å². The molecule has 0 aliphatic heterocycles. The Morgan fingerprint density at radius 3 is 2.45 bits per heavy atom. The maximum Gasteiger partial charge on any atom is 0.248 e. The van der Waals surface area contributed by atoms with Gasteiger partial charge in [0, 0.05) is 17.9 Å². The van der Waals surface area contributed by atoms with Gasteiger partial charge in [0.25, 0.3) is 0 Å². The van der Waals surface area contributed by atoms with E-state index in [1.807, 2.05) is 38.3 Å². The van der Waals surface area contributed by atoms with Gasteiger partial charge in [0.1, 0.15) is 6.04 Å². The van der Waals surface area contributed by atoms with E-state index in [0.29, 0.717) is 52.8 Å². The smallest absolute Gasteiger partial charge is 0.248 e. The Kier molecular flexibility index (Phi) is 9.72. The average Bonchev–Trinajstić information content (AvgIpc) is 3.23. The Labute approximate surface area is 249 Å². The molecule has 11 heteroatoms. The summed E-state index contributed by atoms with van der Waals surface area (Å²) >= 11 is 1.35. The SMILES string of the molecule is CCC(C)C(Nc1ccc2c(cc1=O)C(NC(C)=O)CCc1cc(OC)c(OC)c(OC)c1-2)C(=O)Nc1nc(C)cs1. The first-order chi connectivity index (χ1) is 20.1. The molecule has 42 heavy (non-hydrogen) atoms. The van der Waals surface area contributed by atoms with Gasteiger partial charge in [0.2, 0.25) is 23.0 Å². The van der Waals surface area contributed by atoms with Gasteiger partial charge in [-0.05, 0) is 60.6 Å². The molecule has 3 aromatic rings. The minimum Gasteiger partial charge on any atom is -0.493 e. The molecule has 10 nitrogen and oxygen atoms in total. The summed E-state index contributed by atoms with van der Waals surface area (Å²) < 4.78 is 17.1. The second-order valence-corrected chi connectivity index (χ2v) is 11.2. The number of thiazole rings is 1. The highest BCUT2D eigenvalue weighted by Crippen LogP contribution is 2.50. The molecule has 0 spiro atoms. The lowest BCUT2D eigenvalue weighted by molar-refractivity contribution is -0.120. The van der Waals surface area contributed by atoms with Crippen molar-refractivity contribution in [3.63, 3.8) is 0 Å². The average molecular weight is 595 g/mol. The number of aryl methyl sites for hydroxylation is 2. The van der Waals surface area contributed by atoms with E-state index in [1.165, 1.54) is 18.3 Å². The van der Waals surface area contributed by atoms with Crippen LogP contribution in [0.25, 0.3) is 11.1 Å². The van der Waals surface area contributed by atoms with E-state index in [-0.39, 0.29) is 28.8 Å². The van der Waals surface area contributed by atoms with Crippen LogP contribution < -0.4 is 35.6 Å². The minimum atomic E-state index is -0.688. The summed E-state index contributed by atoms with van der Waals surface area (Å²) in [4.78, 5) is 43.7. The monoisotopic (exact) mass is 594 g/mol. The number of ether oxygens (including phenoxy) is 3. The molecule has 4 rings (SSSR count). The van der Waals surface area contributed by atoms with Crippen molar-refractivity contribution in [2.75, 3.05) is 32.0 Å². The van der Waals surface area contributed by atoms with Crippen LogP contribution in [0.15, 0.2) is 34.4 Å². The van der Waals surface area contributed by atoms with E-state index in [1.54, 1.807) is 33.5 Å². The molecule has 0 bridgehead atoms. The number of fused-ring (bicyclic) bond motifs is 3. The molecule has 2 aromatic carbocycles. The van der Waals surface area contributed by atoms with Gasteiger partial charge in [-0.1, -0.05) is 26.3 Å². The largest absolute Gasteiger partial charge is 0.493 e. The third-order valence-corrected chi connectivity index (χ3v) is 8.45. The number of aromatic nitrogens is 1. The van der Waals surface area contributed by atoms with Crippen molar-refractivity contribution < 1.29 is 23.8 Å². The van der Waals surface area contributed by atoms with Crippen LogP contribution in [0.3, 0.4) is 0 Å². The Bertz CT molecular complexity index is 1540. The number of carbonyl (C=O) groups excluding carboxylic acids is 2. The van der Waals surface area contributed by atoms with Gasteiger partial charge in [-0.25, -0.2) is 4.98 Å². The Morgan fingerprint density at radius 1 is 1.12 bits per heavy atom. The van der Waals surface area contributed by atoms with Gasteiger partial charge in [-0.3, -0.25) is 14.4 Å². The third kappa shape index (κ3) is 6.35. The molecular formula is C31H38N4O6S. The van der Waals surface area contributed by atoms with Crippen LogP contribution in [0.5, 0.6) is 17.2 Å². The van der Waals surface area contributed by atoms with Crippen molar-refractivity contribution in [1.82, 2.24) is 10.3 Å². The lowest BCUT2D eigenvalue weighted by atomic mass is 9.95. The number of anilines is 2. The standard InChI is InChI=1S/C31H38N4O6S/c1-8-16(2)27(30(38)35-31-32-17(3)15-42-31)34-23-12-10-20-21(14-24(23)37)22(33-18(4)36)11-9-19-13-25(39-5)28(40-6)29(41-7)26(19)20/h10,12-16,22,27H,8-9,11H2,1-7H3,(H,33,36)(H,34,37)(H,32,35,38). The van der Waals surface area contributed by atoms with E-state index >= 15 is 0 Å². The zero-order valence-electron chi connectivity index (χ0n) is 25.0. The summed E-state index contributed by atoms with van der Waals surface area (Å²) in [6.45, 7) is 7.27. The van der Waals surface area contributed by atoms with E-state index < -0.39 is 12.1 Å². The van der Waals surface area contributed by atoms with Crippen LogP contribution in [0.2, 0.25) is 0 Å². The number of hydrogen-bond acceptors (Lipinski definition) is 9. The van der Waals surface area contributed by atoms with Crippen LogP contribution in [0.1, 0.15) is 56.5 Å². The van der Waals surface area contributed by atoms with Gasteiger partial charge < -0.3 is 30.2 Å². The molecule has 0 saturated carbocycles. The summed E-state index contributed by atoms with van der Waals surface area (Å²) in [6, 6.07) is 5.85. The van der Waals surface area contributed by atoms with E-state index in [4.69, 9.17) is 14.2 Å². The van der Waals surface area contributed by atoms with Crippen LogP contribution in [-0.4, -0.2) is 44.2 Å². The van der Waals surface area contributed by atoms with Gasteiger partial charge in [-0.15, -0.1) is 11.3 Å². The summed E-state index contributed by atoms with van der Waals surface area (Å²) in [5, 5.41) is 11.5. The first kappa shape index (κ1) is 30.8. The van der Waals surface area contributed by atoms with Gasteiger partial charge in [0.05, 0.1) is 38.8 Å². The number of nitrogens with one attached hydrogen (secondary N) is 3. The number of benzene rings is 1. The third-order valence-electron chi connectivity index (χ3n) is 7.57. The predicted octanol–water partition coefficient (Wildman–Crippen LogP) is 5.09. The Balaban J connectivity index is 1.87. The van der Waals surface area contributed by atoms with Crippen molar-refractivity contribution >= 4 is 34.0 Å². The Hall–Kier alpha value is -4.12. The number of rotatable bonds is 10. The summed E-state index contributed by atoms with van der Waals surface area (Å²) in [6.07, 6.45) is 1.86. The lowest BCUT2D eigenvalue weighted by Crippen LogP contribution is -2.40. The Morgan fingerprint density at radius 2 is 1.86 bits per heavy atom. The quantitative estimate of drug-likeness (QED) is 0.296. The number of nitrogens with zero attached hydrogens (tertiary/aromatic N) is 1. The van der Waals surface area contributed by atoms with Crippen molar-refractivity contribution in [2.45, 2.75) is 59.0 Å². The minimum absolute atomic E-state index is 0.0848. The molecule has 3 N–H and O–H groups in total. The molecule has 1 aliphatic rings. The van der Waals surface area contributed by atoms with Crippen LogP contribution in [-0.2, 0) is 16.0 Å². The summed E-state index contributed by atoms with van der Waals surface area (Å²) in [5.41, 5.74) is 3.84. The zero-order chi connectivity index (χ0) is 30.6. The first-order valence-corrected chi connectivity index (χ1v) is 14.8. The molecule has 0 fully saturated rings. The number of hydrogen-bond donors (Lipinski definition) is 3. The van der Waals surface area contributed by atoms with Crippen molar-refractivity contribution in [3.05, 3.63) is 56.7 Å². The fourth-order valence-corrected chi connectivity index (χ4v) is 5.98. The van der Waals surface area contributed by atoms with Crippen molar-refractivity contribution in [3.8, 4) is 28.4 Å². The number of methoxy groups -OCH3 is 3. The maximum atomic E-state index is 13.8. The van der Waals surface area contributed by atoms with E-state index in [2.05, 4.69) is 20.9 Å². The second kappa shape index (κ2) is 13.2. The molecule has 1 aliphatic carbocycles. The molecular weight excluding hydrogens is 556 g/mol. The number of amides is 2. The molecule has 1 aromatic heterocycles. The van der Waals surface area contributed by atoms with Gasteiger partial charge in [-0.2, -0.15) is 0 Å². The van der Waals surface area contributed by atoms with Gasteiger partial charge in [0.15, 0.2) is 16.6 Å². The maximum absolute atomic E-state index is 13.8. The lowest BCUT2D eigenvalue weighted by Gasteiger charge is -2.23. The van der Waals surface area contributed by atoms with Gasteiger partial charge >= 0.3 is 0 Å². The fraction of sp³-hybridized carbons (Fsp3) is 0.419. The molecule has 2 amide bonds. The normalized spacial score (nSPS) is 15.3. The predicted molar refractivity (Wildman–Crippen MR) is 165 cm³/mol. The topological polar surface area (TPSA) is 128 Å². The summed E-state index contributed by atoms with van der Waals surface area (Å²) in [5.74, 6) is 0.866. The van der Waals surface area contributed by atoms with Crippen molar-refractivity contribution in [2.24, 2.45) is 5.92 Å². The molecule has 3 atom stereocenters. The highest BCUT2D eigenvalue weighted by atomic mass is 32.1. The van der Waals surface area contributed by atoms with Crippen LogP contribution in [0, 0.1) is 12.8 Å². The molecule has 224 valence electrons.